The monoisotopic (exact) mass is 425 g/mol. The fraction of sp³-hybridized carbons (Fsp3) is 0.208. The molecular formula is C24H22ClF2N3. The summed E-state index contributed by atoms with van der Waals surface area (Å²) in [6.45, 7) is 2.38. The molecule has 4 aromatic rings. The first kappa shape index (κ1) is 20.5. The fourth-order valence-electron chi connectivity index (χ4n) is 4.00. The van der Waals surface area contributed by atoms with E-state index in [0.717, 1.165) is 28.2 Å². The summed E-state index contributed by atoms with van der Waals surface area (Å²) in [7, 11) is 0. The van der Waals surface area contributed by atoms with Crippen molar-refractivity contribution in [3.8, 4) is 0 Å². The molecule has 1 atom stereocenters. The topological polar surface area (TPSA) is 43.3 Å². The van der Waals surface area contributed by atoms with E-state index >= 15 is 0 Å². The third kappa shape index (κ3) is 3.83. The summed E-state index contributed by atoms with van der Waals surface area (Å²) in [6, 6.07) is 15.5. The smallest absolute Gasteiger partial charge is 0.140 e. The summed E-state index contributed by atoms with van der Waals surface area (Å²) in [5, 5.41) is 0.673. The highest BCUT2D eigenvalue weighted by molar-refractivity contribution is 6.30. The van der Waals surface area contributed by atoms with Gasteiger partial charge in [-0.3, -0.25) is 0 Å². The van der Waals surface area contributed by atoms with Crippen LogP contribution in [0.25, 0.3) is 5.65 Å². The zero-order valence-electron chi connectivity index (χ0n) is 16.6. The van der Waals surface area contributed by atoms with Crippen LogP contribution in [0.4, 0.5) is 8.78 Å². The summed E-state index contributed by atoms with van der Waals surface area (Å²) in [6.07, 6.45) is 2.69. The first-order valence-electron chi connectivity index (χ1n) is 9.84. The average molecular weight is 426 g/mol. The van der Waals surface area contributed by atoms with Crippen molar-refractivity contribution in [2.75, 3.05) is 6.54 Å². The van der Waals surface area contributed by atoms with Gasteiger partial charge < -0.3 is 10.1 Å². The molecule has 2 N–H and O–H groups in total. The molecule has 154 valence electrons. The number of hydrogen-bond acceptors (Lipinski definition) is 2. The molecule has 30 heavy (non-hydrogen) atoms. The number of aryl methyl sites for hydroxylation is 2. The van der Waals surface area contributed by atoms with Gasteiger partial charge in [-0.1, -0.05) is 35.9 Å². The summed E-state index contributed by atoms with van der Waals surface area (Å²) in [5.74, 6) is -1.09. The van der Waals surface area contributed by atoms with Crippen molar-refractivity contribution in [2.45, 2.75) is 25.7 Å². The Bertz CT molecular complexity index is 1170. The second-order valence-electron chi connectivity index (χ2n) is 7.35. The Hall–Kier alpha value is -2.76. The number of hydrogen-bond donors (Lipinski definition) is 1. The molecule has 4 rings (SSSR count). The van der Waals surface area contributed by atoms with Gasteiger partial charge in [-0.25, -0.2) is 13.8 Å². The molecule has 0 saturated heterocycles. The van der Waals surface area contributed by atoms with Crippen LogP contribution in [0, 0.1) is 18.6 Å². The van der Waals surface area contributed by atoms with Gasteiger partial charge in [0, 0.05) is 29.2 Å². The number of imidazole rings is 1. The van der Waals surface area contributed by atoms with Gasteiger partial charge in [0.2, 0.25) is 0 Å². The summed E-state index contributed by atoms with van der Waals surface area (Å²) < 4.78 is 30.1. The predicted molar refractivity (Wildman–Crippen MR) is 116 cm³/mol. The van der Waals surface area contributed by atoms with E-state index < -0.39 is 11.6 Å². The summed E-state index contributed by atoms with van der Waals surface area (Å²) in [5.41, 5.74) is 10.9. The van der Waals surface area contributed by atoms with Gasteiger partial charge in [0.1, 0.15) is 17.3 Å². The zero-order valence-corrected chi connectivity index (χ0v) is 17.3. The van der Waals surface area contributed by atoms with Crippen LogP contribution in [0.3, 0.4) is 0 Å². The van der Waals surface area contributed by atoms with Gasteiger partial charge in [-0.15, -0.1) is 0 Å². The lowest BCUT2D eigenvalue weighted by Gasteiger charge is -2.17. The highest BCUT2D eigenvalue weighted by Gasteiger charge is 2.21. The van der Waals surface area contributed by atoms with Crippen molar-refractivity contribution < 1.29 is 8.78 Å². The maximum Gasteiger partial charge on any atom is 0.140 e. The molecule has 1 unspecified atom stereocenters. The largest absolute Gasteiger partial charge is 0.329 e. The van der Waals surface area contributed by atoms with Crippen LogP contribution in [0.15, 0.2) is 60.8 Å². The van der Waals surface area contributed by atoms with Crippen LogP contribution < -0.4 is 5.73 Å². The van der Waals surface area contributed by atoms with Gasteiger partial charge in [-0.2, -0.15) is 0 Å². The van der Waals surface area contributed by atoms with E-state index in [1.165, 1.54) is 18.2 Å². The second kappa shape index (κ2) is 8.54. The van der Waals surface area contributed by atoms with Crippen molar-refractivity contribution in [2.24, 2.45) is 5.73 Å². The lowest BCUT2D eigenvalue weighted by molar-refractivity contribution is 0.554. The van der Waals surface area contributed by atoms with E-state index in [9.17, 15) is 8.78 Å². The highest BCUT2D eigenvalue weighted by Crippen LogP contribution is 2.29. The van der Waals surface area contributed by atoms with Crippen LogP contribution in [-0.2, 0) is 12.8 Å². The quantitative estimate of drug-likeness (QED) is 0.446. The van der Waals surface area contributed by atoms with Crippen molar-refractivity contribution in [1.29, 1.82) is 0 Å². The standard InChI is InChI=1S/C24H22ClF2N3/c1-15-23(20(14-28)16-7-10-18(25)11-8-16)30-13-3-4-17(24(30)29-15)9-12-19-21(26)5-2-6-22(19)27/h2-8,10-11,13,20H,9,12,14,28H2,1H3. The van der Waals surface area contributed by atoms with Gasteiger partial charge >= 0.3 is 0 Å². The number of benzene rings is 2. The van der Waals surface area contributed by atoms with Gasteiger partial charge in [0.25, 0.3) is 0 Å². The summed E-state index contributed by atoms with van der Waals surface area (Å²) >= 11 is 6.04. The third-order valence-corrected chi connectivity index (χ3v) is 5.75. The first-order valence-corrected chi connectivity index (χ1v) is 10.2. The number of pyridine rings is 1. The van der Waals surface area contributed by atoms with E-state index in [1.54, 1.807) is 0 Å². The minimum Gasteiger partial charge on any atom is -0.329 e. The van der Waals surface area contributed by atoms with Gasteiger partial charge in [0.15, 0.2) is 0 Å². The maximum absolute atomic E-state index is 14.0. The molecule has 2 aromatic carbocycles. The molecule has 0 aliphatic heterocycles. The van der Waals surface area contributed by atoms with Crippen molar-refractivity contribution in [3.63, 3.8) is 0 Å². The Kier molecular flexibility index (Phi) is 5.84. The van der Waals surface area contributed by atoms with E-state index in [4.69, 9.17) is 22.3 Å². The molecule has 0 bridgehead atoms. The number of rotatable bonds is 6. The number of nitrogens with two attached hydrogens (primary N) is 1. The molecule has 0 saturated carbocycles. The number of fused-ring (bicyclic) bond motifs is 1. The zero-order chi connectivity index (χ0) is 21.3. The minimum atomic E-state index is -0.520. The molecule has 0 amide bonds. The van der Waals surface area contributed by atoms with Crippen molar-refractivity contribution in [3.05, 3.63) is 106 Å². The Morgan fingerprint density at radius 3 is 2.37 bits per heavy atom. The lowest BCUT2D eigenvalue weighted by atomic mass is 9.94. The SMILES string of the molecule is Cc1nc2c(CCc3c(F)cccc3F)cccn2c1C(CN)c1ccc(Cl)cc1. The molecule has 0 fully saturated rings. The van der Waals surface area contributed by atoms with Crippen LogP contribution in [0.1, 0.15) is 34.0 Å². The highest BCUT2D eigenvalue weighted by atomic mass is 35.5. The molecular weight excluding hydrogens is 404 g/mol. The lowest BCUT2D eigenvalue weighted by Crippen LogP contribution is -2.16. The van der Waals surface area contributed by atoms with Crippen LogP contribution in [0.5, 0.6) is 0 Å². The minimum absolute atomic E-state index is 0.0449. The fourth-order valence-corrected chi connectivity index (χ4v) is 4.13. The van der Waals surface area contributed by atoms with Crippen LogP contribution in [-0.4, -0.2) is 15.9 Å². The number of nitrogens with zero attached hydrogens (tertiary/aromatic N) is 2. The van der Waals surface area contributed by atoms with E-state index in [-0.39, 0.29) is 17.9 Å². The Morgan fingerprint density at radius 2 is 1.70 bits per heavy atom. The molecule has 2 aromatic heterocycles. The molecule has 3 nitrogen and oxygen atoms in total. The first-order chi connectivity index (χ1) is 14.5. The Morgan fingerprint density at radius 1 is 1.00 bits per heavy atom. The summed E-state index contributed by atoms with van der Waals surface area (Å²) in [4.78, 5) is 4.78. The molecule has 0 radical (unpaired) electrons. The van der Waals surface area contributed by atoms with Gasteiger partial charge in [0.05, 0.1) is 11.4 Å². The maximum atomic E-state index is 14.0. The van der Waals surface area contributed by atoms with Crippen molar-refractivity contribution >= 4 is 17.2 Å². The van der Waals surface area contributed by atoms with Gasteiger partial charge in [-0.05, 0) is 61.2 Å². The Balaban J connectivity index is 1.72. The molecule has 0 spiro atoms. The van der Waals surface area contributed by atoms with Crippen molar-refractivity contribution in [1.82, 2.24) is 9.38 Å². The number of halogens is 3. The molecule has 0 aliphatic carbocycles. The Labute approximate surface area is 179 Å². The normalized spacial score (nSPS) is 12.4. The molecule has 2 heterocycles. The molecule has 6 heteroatoms. The number of aromatic nitrogens is 2. The van der Waals surface area contributed by atoms with E-state index in [2.05, 4.69) is 0 Å². The van der Waals surface area contributed by atoms with Crippen LogP contribution >= 0.6 is 11.6 Å². The predicted octanol–water partition coefficient (Wildman–Crippen LogP) is 5.45. The van der Waals surface area contributed by atoms with Crippen LogP contribution in [0.2, 0.25) is 5.02 Å². The average Bonchev–Trinajstić information content (AvgIpc) is 3.06. The molecule has 0 aliphatic rings. The third-order valence-electron chi connectivity index (χ3n) is 5.50. The second-order valence-corrected chi connectivity index (χ2v) is 7.79. The van der Waals surface area contributed by atoms with E-state index in [0.29, 0.717) is 18.0 Å². The van der Waals surface area contributed by atoms with E-state index in [1.807, 2.05) is 53.9 Å².